The largest absolute Gasteiger partial charge is 0.493 e. The lowest BCUT2D eigenvalue weighted by atomic mass is 9.95. The molecule has 3 aromatic rings. The van der Waals surface area contributed by atoms with Crippen molar-refractivity contribution in [3.8, 4) is 11.5 Å². The highest BCUT2D eigenvalue weighted by atomic mass is 32.1. The number of aliphatic carboxylic acids is 1. The van der Waals surface area contributed by atoms with E-state index in [1.54, 1.807) is 18.4 Å². The van der Waals surface area contributed by atoms with Crippen molar-refractivity contribution in [1.82, 2.24) is 9.88 Å². The second-order valence-corrected chi connectivity index (χ2v) is 8.50. The molecular formula is C23H26N2O4S. The van der Waals surface area contributed by atoms with Crippen molar-refractivity contribution in [2.24, 2.45) is 5.92 Å². The van der Waals surface area contributed by atoms with Crippen molar-refractivity contribution in [3.63, 3.8) is 0 Å². The number of rotatable bonds is 7. The van der Waals surface area contributed by atoms with E-state index in [2.05, 4.69) is 11.0 Å². The van der Waals surface area contributed by atoms with Crippen molar-refractivity contribution >= 4 is 27.5 Å². The lowest BCUT2D eigenvalue weighted by Gasteiger charge is -2.36. The van der Waals surface area contributed by atoms with Gasteiger partial charge in [0.25, 0.3) is 0 Å². The van der Waals surface area contributed by atoms with Crippen molar-refractivity contribution < 1.29 is 19.4 Å². The average molecular weight is 427 g/mol. The molecule has 1 saturated heterocycles. The van der Waals surface area contributed by atoms with Gasteiger partial charge in [0, 0.05) is 6.54 Å². The van der Waals surface area contributed by atoms with Crippen LogP contribution in [0.4, 0.5) is 0 Å². The Morgan fingerprint density at radius 3 is 2.87 bits per heavy atom. The zero-order chi connectivity index (χ0) is 21.1. The van der Waals surface area contributed by atoms with E-state index >= 15 is 0 Å². The van der Waals surface area contributed by atoms with E-state index in [4.69, 9.17) is 14.5 Å². The summed E-state index contributed by atoms with van der Waals surface area (Å²) in [7, 11) is 1.63. The molecule has 0 amide bonds. The Labute approximate surface area is 180 Å². The van der Waals surface area contributed by atoms with Gasteiger partial charge in [0.1, 0.15) is 5.01 Å². The number of methoxy groups -OCH3 is 1. The Hall–Kier alpha value is -2.64. The second-order valence-electron chi connectivity index (χ2n) is 7.44. The normalized spacial score (nSPS) is 18.3. The van der Waals surface area contributed by atoms with Crippen LogP contribution in [-0.2, 0) is 4.79 Å². The van der Waals surface area contributed by atoms with Gasteiger partial charge in [0.15, 0.2) is 11.5 Å². The molecule has 2 aromatic carbocycles. The van der Waals surface area contributed by atoms with Gasteiger partial charge < -0.3 is 14.6 Å². The zero-order valence-corrected chi connectivity index (χ0v) is 18.0. The molecule has 0 saturated carbocycles. The predicted molar refractivity (Wildman–Crippen MR) is 118 cm³/mol. The fourth-order valence-corrected chi connectivity index (χ4v) is 5.22. The fraction of sp³-hybridized carbons (Fsp3) is 0.391. The number of ether oxygens (including phenoxy) is 2. The number of fused-ring (bicyclic) bond motifs is 1. The minimum absolute atomic E-state index is 0.130. The zero-order valence-electron chi connectivity index (χ0n) is 17.2. The highest BCUT2D eigenvalue weighted by Gasteiger charge is 2.33. The summed E-state index contributed by atoms with van der Waals surface area (Å²) in [5.41, 5.74) is 1.99. The van der Waals surface area contributed by atoms with Crippen LogP contribution in [0.2, 0.25) is 0 Å². The van der Waals surface area contributed by atoms with Gasteiger partial charge >= 0.3 is 5.97 Å². The van der Waals surface area contributed by atoms with Crippen LogP contribution >= 0.6 is 11.3 Å². The molecule has 0 radical (unpaired) electrons. The Kier molecular flexibility index (Phi) is 6.20. The maximum Gasteiger partial charge on any atom is 0.307 e. The van der Waals surface area contributed by atoms with Crippen LogP contribution in [-0.4, -0.2) is 47.8 Å². The number of aromatic nitrogens is 1. The number of piperidine rings is 1. The third kappa shape index (κ3) is 4.13. The Balaban J connectivity index is 1.78. The molecule has 7 heteroatoms. The molecule has 0 aliphatic carbocycles. The number of benzene rings is 2. The van der Waals surface area contributed by atoms with Crippen LogP contribution in [0.25, 0.3) is 10.2 Å². The van der Waals surface area contributed by atoms with Gasteiger partial charge in [0.2, 0.25) is 0 Å². The Bertz CT molecular complexity index is 1000. The minimum Gasteiger partial charge on any atom is -0.493 e. The number of nitrogens with zero attached hydrogens (tertiary/aromatic N) is 2. The number of para-hydroxylation sites is 1. The number of hydrogen-bond acceptors (Lipinski definition) is 6. The lowest BCUT2D eigenvalue weighted by Crippen LogP contribution is -2.41. The number of carbonyl (C=O) groups is 1. The number of carboxylic acid groups (broad SMARTS) is 1. The molecule has 6 nitrogen and oxygen atoms in total. The third-order valence-corrected chi connectivity index (χ3v) is 6.60. The molecule has 30 heavy (non-hydrogen) atoms. The van der Waals surface area contributed by atoms with Crippen LogP contribution in [0.5, 0.6) is 11.5 Å². The van der Waals surface area contributed by atoms with Crippen LogP contribution < -0.4 is 9.47 Å². The summed E-state index contributed by atoms with van der Waals surface area (Å²) in [5, 5.41) is 10.6. The maximum absolute atomic E-state index is 11.7. The number of likely N-dealkylation sites (tertiary alicyclic amines) is 1. The van der Waals surface area contributed by atoms with Gasteiger partial charge in [-0.3, -0.25) is 9.69 Å². The molecule has 1 aliphatic heterocycles. The van der Waals surface area contributed by atoms with E-state index in [1.807, 2.05) is 43.3 Å². The average Bonchev–Trinajstić information content (AvgIpc) is 3.18. The topological polar surface area (TPSA) is 71.9 Å². The molecule has 2 unspecified atom stereocenters. The van der Waals surface area contributed by atoms with Crippen molar-refractivity contribution in [2.45, 2.75) is 25.8 Å². The van der Waals surface area contributed by atoms with Gasteiger partial charge in [-0.2, -0.15) is 0 Å². The smallest absolute Gasteiger partial charge is 0.307 e. The first-order valence-corrected chi connectivity index (χ1v) is 11.1. The monoisotopic (exact) mass is 426 g/mol. The summed E-state index contributed by atoms with van der Waals surface area (Å²) >= 11 is 1.66. The molecule has 2 atom stereocenters. The summed E-state index contributed by atoms with van der Waals surface area (Å²) in [6.45, 7) is 3.84. The molecule has 1 N–H and O–H groups in total. The summed E-state index contributed by atoms with van der Waals surface area (Å²) in [5.74, 6) is 0.286. The first kappa shape index (κ1) is 20.6. The highest BCUT2D eigenvalue weighted by molar-refractivity contribution is 7.18. The predicted octanol–water partition coefficient (Wildman–Crippen LogP) is 4.59. The van der Waals surface area contributed by atoms with Gasteiger partial charge in [-0.25, -0.2) is 4.98 Å². The minimum atomic E-state index is -0.730. The van der Waals surface area contributed by atoms with E-state index in [0.717, 1.165) is 33.8 Å². The summed E-state index contributed by atoms with van der Waals surface area (Å²) in [6, 6.07) is 13.9. The number of thiazole rings is 1. The SMILES string of the molecule is CCOc1ccc(C(c2nc3ccccc3s2)N2CCCC(C(=O)O)C2)cc1OC. The molecule has 0 spiro atoms. The van der Waals surface area contributed by atoms with Gasteiger partial charge in [0.05, 0.1) is 35.9 Å². The molecular weight excluding hydrogens is 400 g/mol. The van der Waals surface area contributed by atoms with Crippen LogP contribution in [0.15, 0.2) is 42.5 Å². The molecule has 158 valence electrons. The molecule has 2 heterocycles. The van der Waals surface area contributed by atoms with Gasteiger partial charge in [-0.1, -0.05) is 18.2 Å². The summed E-state index contributed by atoms with van der Waals surface area (Å²) in [4.78, 5) is 18.8. The van der Waals surface area contributed by atoms with E-state index in [9.17, 15) is 9.90 Å². The second kappa shape index (κ2) is 9.02. The maximum atomic E-state index is 11.7. The van der Waals surface area contributed by atoms with Gasteiger partial charge in [-0.15, -0.1) is 11.3 Å². The molecule has 0 bridgehead atoms. The molecule has 1 aliphatic rings. The number of hydrogen-bond donors (Lipinski definition) is 1. The van der Waals surface area contributed by atoms with Crippen molar-refractivity contribution in [3.05, 3.63) is 53.0 Å². The van der Waals surface area contributed by atoms with Crippen molar-refractivity contribution in [1.29, 1.82) is 0 Å². The van der Waals surface area contributed by atoms with Crippen molar-refractivity contribution in [2.75, 3.05) is 26.8 Å². The molecule has 1 fully saturated rings. The first-order valence-electron chi connectivity index (χ1n) is 10.2. The van der Waals surface area contributed by atoms with E-state index < -0.39 is 5.97 Å². The van der Waals surface area contributed by atoms with Crippen LogP contribution in [0, 0.1) is 5.92 Å². The summed E-state index contributed by atoms with van der Waals surface area (Å²) in [6.07, 6.45) is 1.57. The first-order chi connectivity index (χ1) is 14.6. The molecule has 4 rings (SSSR count). The fourth-order valence-electron chi connectivity index (χ4n) is 4.09. The van der Waals surface area contributed by atoms with E-state index in [0.29, 0.717) is 31.1 Å². The van der Waals surface area contributed by atoms with Gasteiger partial charge in [-0.05, 0) is 56.1 Å². The number of carboxylic acids is 1. The summed E-state index contributed by atoms with van der Waals surface area (Å²) < 4.78 is 12.4. The van der Waals surface area contributed by atoms with Crippen LogP contribution in [0.1, 0.15) is 36.4 Å². The van der Waals surface area contributed by atoms with E-state index in [1.165, 1.54) is 0 Å². The quantitative estimate of drug-likeness (QED) is 0.596. The van der Waals surface area contributed by atoms with Crippen LogP contribution in [0.3, 0.4) is 0 Å². The standard InChI is InChI=1S/C23H26N2O4S/c1-3-29-18-11-10-15(13-19(18)28-2)21(25-12-6-7-16(14-25)23(26)27)22-24-17-8-4-5-9-20(17)30-22/h4-5,8-11,13,16,21H,3,6-7,12,14H2,1-2H3,(H,26,27). The molecule has 1 aromatic heterocycles. The highest BCUT2D eigenvalue weighted by Crippen LogP contribution is 2.39. The Morgan fingerprint density at radius 2 is 2.13 bits per heavy atom. The lowest BCUT2D eigenvalue weighted by molar-refractivity contribution is -0.143. The van der Waals surface area contributed by atoms with E-state index in [-0.39, 0.29) is 12.0 Å². The third-order valence-electron chi connectivity index (χ3n) is 5.51. The Morgan fingerprint density at radius 1 is 1.30 bits per heavy atom.